The van der Waals surface area contributed by atoms with E-state index in [2.05, 4.69) is 18.2 Å². The van der Waals surface area contributed by atoms with Crippen molar-refractivity contribution in [2.45, 2.75) is 52.9 Å². The molecule has 0 heterocycles. The van der Waals surface area contributed by atoms with Crippen molar-refractivity contribution in [3.05, 3.63) is 23.8 Å². The summed E-state index contributed by atoms with van der Waals surface area (Å²) >= 11 is 0. The molecule has 1 saturated carbocycles. The van der Waals surface area contributed by atoms with E-state index in [4.69, 9.17) is 15.6 Å². The predicted molar refractivity (Wildman–Crippen MR) is 88.0 cm³/mol. The molecule has 0 aliphatic heterocycles. The zero-order chi connectivity index (χ0) is 15.8. The van der Waals surface area contributed by atoms with Crippen LogP contribution in [-0.4, -0.2) is 17.6 Å². The van der Waals surface area contributed by atoms with Crippen LogP contribution in [0.2, 0.25) is 0 Å². The minimum atomic E-state index is -0.833. The van der Waals surface area contributed by atoms with Crippen molar-refractivity contribution >= 4 is 5.97 Å². The highest BCUT2D eigenvalue weighted by atomic mass is 16.4. The van der Waals surface area contributed by atoms with Crippen LogP contribution < -0.4 is 5.73 Å². The molecule has 3 aliphatic carbocycles. The molecule has 0 spiro atoms. The number of aliphatic carboxylic acids is 1. The van der Waals surface area contributed by atoms with E-state index in [9.17, 15) is 0 Å². The van der Waals surface area contributed by atoms with Crippen LogP contribution in [0.1, 0.15) is 52.9 Å². The van der Waals surface area contributed by atoms with Crippen molar-refractivity contribution in [1.29, 1.82) is 0 Å². The summed E-state index contributed by atoms with van der Waals surface area (Å²) in [6.07, 6.45) is 14.0. The number of carboxylic acids is 1. The maximum Gasteiger partial charge on any atom is 0.300 e. The SMILES string of the molecule is CC.CC(=O)O.NCC1CC2CC(CC3CC=CC3)=CC12. The Labute approximate surface area is 129 Å². The van der Waals surface area contributed by atoms with Crippen LogP contribution in [0.15, 0.2) is 23.8 Å². The van der Waals surface area contributed by atoms with Crippen molar-refractivity contribution in [2.24, 2.45) is 29.4 Å². The quantitative estimate of drug-likeness (QED) is 0.773. The Bertz CT molecular complexity index is 375. The number of hydrogen-bond acceptors (Lipinski definition) is 2. The van der Waals surface area contributed by atoms with E-state index in [-0.39, 0.29) is 0 Å². The molecule has 0 amide bonds. The van der Waals surface area contributed by atoms with Gasteiger partial charge in [0.15, 0.2) is 0 Å². The van der Waals surface area contributed by atoms with Gasteiger partial charge in [-0.3, -0.25) is 4.79 Å². The summed E-state index contributed by atoms with van der Waals surface area (Å²) < 4.78 is 0. The Morgan fingerprint density at radius 1 is 1.33 bits per heavy atom. The molecule has 3 nitrogen and oxygen atoms in total. The molecule has 3 unspecified atom stereocenters. The molecular weight excluding hydrogens is 262 g/mol. The van der Waals surface area contributed by atoms with E-state index in [0.717, 1.165) is 37.1 Å². The predicted octanol–water partition coefficient (Wildman–Crippen LogP) is 4.00. The lowest BCUT2D eigenvalue weighted by molar-refractivity contribution is -0.134. The third-order valence-corrected chi connectivity index (χ3v) is 4.61. The fraction of sp³-hybridized carbons (Fsp3) is 0.722. The molecule has 0 aromatic carbocycles. The normalized spacial score (nSPS) is 29.3. The molecule has 0 saturated heterocycles. The number of carboxylic acid groups (broad SMARTS) is 1. The topological polar surface area (TPSA) is 63.3 Å². The lowest BCUT2D eigenvalue weighted by atomic mass is 9.66. The van der Waals surface area contributed by atoms with Crippen molar-refractivity contribution < 1.29 is 9.90 Å². The van der Waals surface area contributed by atoms with Gasteiger partial charge in [-0.2, -0.15) is 0 Å². The number of carbonyl (C=O) groups is 1. The maximum absolute atomic E-state index is 9.00. The molecule has 0 bridgehead atoms. The summed E-state index contributed by atoms with van der Waals surface area (Å²) in [4.78, 5) is 9.00. The van der Waals surface area contributed by atoms with Crippen LogP contribution in [0.25, 0.3) is 0 Å². The standard InChI is InChI=1S/C14H21N.C2H4O2.C2H6/c15-9-13-8-12-6-11(7-14(12)13)5-10-3-1-2-4-10;1-2(3)4;1-2/h1-2,7,10,12-14H,3-6,8-9,15H2;1H3,(H,3,4);1-2H3. The molecule has 3 atom stereocenters. The van der Waals surface area contributed by atoms with E-state index >= 15 is 0 Å². The zero-order valence-corrected chi connectivity index (χ0v) is 13.7. The van der Waals surface area contributed by atoms with Gasteiger partial charge in [-0.05, 0) is 62.3 Å². The highest BCUT2D eigenvalue weighted by Gasteiger charge is 2.42. The fourth-order valence-corrected chi connectivity index (χ4v) is 3.68. The highest BCUT2D eigenvalue weighted by Crippen LogP contribution is 2.50. The monoisotopic (exact) mass is 293 g/mol. The number of nitrogens with two attached hydrogens (primary N) is 1. The third kappa shape index (κ3) is 5.31. The van der Waals surface area contributed by atoms with Crippen molar-refractivity contribution in [1.82, 2.24) is 0 Å². The molecule has 120 valence electrons. The van der Waals surface area contributed by atoms with Crippen molar-refractivity contribution in [3.63, 3.8) is 0 Å². The van der Waals surface area contributed by atoms with Crippen molar-refractivity contribution in [2.75, 3.05) is 6.54 Å². The number of rotatable bonds is 3. The van der Waals surface area contributed by atoms with Crippen molar-refractivity contribution in [3.8, 4) is 0 Å². The van der Waals surface area contributed by atoms with Crippen LogP contribution in [-0.2, 0) is 4.79 Å². The molecule has 0 aromatic rings. The smallest absolute Gasteiger partial charge is 0.300 e. The Kier molecular flexibility index (Phi) is 7.73. The van der Waals surface area contributed by atoms with E-state index in [0.29, 0.717) is 0 Å². The van der Waals surface area contributed by atoms with E-state index < -0.39 is 5.97 Å². The van der Waals surface area contributed by atoms with Crippen LogP contribution in [0.5, 0.6) is 0 Å². The second kappa shape index (κ2) is 9.04. The molecule has 3 rings (SSSR count). The Morgan fingerprint density at radius 3 is 2.43 bits per heavy atom. The lowest BCUT2D eigenvalue weighted by Gasteiger charge is -2.39. The first-order valence-corrected chi connectivity index (χ1v) is 8.34. The molecule has 3 heteroatoms. The van der Waals surface area contributed by atoms with E-state index in [1.165, 1.54) is 32.1 Å². The summed E-state index contributed by atoms with van der Waals surface area (Å²) in [5, 5.41) is 7.42. The van der Waals surface area contributed by atoms with Gasteiger partial charge in [-0.15, -0.1) is 0 Å². The highest BCUT2D eigenvalue weighted by molar-refractivity contribution is 5.62. The first-order chi connectivity index (χ1) is 10.1. The average Bonchev–Trinajstić information content (AvgIpc) is 3.04. The minimum Gasteiger partial charge on any atom is -0.481 e. The van der Waals surface area contributed by atoms with Gasteiger partial charge in [0.2, 0.25) is 0 Å². The van der Waals surface area contributed by atoms with Crippen LogP contribution in [0, 0.1) is 23.7 Å². The molecule has 0 radical (unpaired) electrons. The largest absolute Gasteiger partial charge is 0.481 e. The summed E-state index contributed by atoms with van der Waals surface area (Å²) in [5.41, 5.74) is 7.50. The van der Waals surface area contributed by atoms with Gasteiger partial charge in [0.25, 0.3) is 5.97 Å². The van der Waals surface area contributed by atoms with E-state index in [1.807, 2.05) is 13.8 Å². The van der Waals surface area contributed by atoms with Gasteiger partial charge < -0.3 is 10.8 Å². The van der Waals surface area contributed by atoms with Crippen LogP contribution in [0.4, 0.5) is 0 Å². The first kappa shape index (κ1) is 18.0. The second-order valence-electron chi connectivity index (χ2n) is 6.13. The molecule has 1 fully saturated rings. The van der Waals surface area contributed by atoms with Crippen LogP contribution in [0.3, 0.4) is 0 Å². The molecule has 3 aliphatic rings. The summed E-state index contributed by atoms with van der Waals surface area (Å²) in [5.74, 6) is 2.74. The second-order valence-corrected chi connectivity index (χ2v) is 6.13. The minimum absolute atomic E-state index is 0.814. The van der Waals surface area contributed by atoms with Gasteiger partial charge in [-0.25, -0.2) is 0 Å². The Hall–Kier alpha value is -1.09. The molecule has 0 aromatic heterocycles. The number of allylic oxidation sites excluding steroid dienone is 4. The first-order valence-electron chi connectivity index (χ1n) is 8.34. The van der Waals surface area contributed by atoms with Gasteiger partial charge in [-0.1, -0.05) is 37.6 Å². The van der Waals surface area contributed by atoms with Gasteiger partial charge >= 0.3 is 0 Å². The van der Waals surface area contributed by atoms with Gasteiger partial charge in [0.05, 0.1) is 0 Å². The summed E-state index contributed by atoms with van der Waals surface area (Å²) in [6, 6.07) is 0. The average molecular weight is 293 g/mol. The number of hydrogen-bond donors (Lipinski definition) is 2. The van der Waals surface area contributed by atoms with Gasteiger partial charge in [0, 0.05) is 6.92 Å². The lowest BCUT2D eigenvalue weighted by Crippen LogP contribution is -2.37. The molecule has 3 N–H and O–H groups in total. The van der Waals surface area contributed by atoms with Gasteiger partial charge in [0.1, 0.15) is 0 Å². The third-order valence-electron chi connectivity index (χ3n) is 4.61. The fourth-order valence-electron chi connectivity index (χ4n) is 3.68. The summed E-state index contributed by atoms with van der Waals surface area (Å²) in [7, 11) is 0. The van der Waals surface area contributed by atoms with Crippen LogP contribution >= 0.6 is 0 Å². The zero-order valence-electron chi connectivity index (χ0n) is 13.7. The Balaban J connectivity index is 0.000000322. The Morgan fingerprint density at radius 2 is 1.90 bits per heavy atom. The van der Waals surface area contributed by atoms with E-state index in [1.54, 1.807) is 5.57 Å². The maximum atomic E-state index is 9.00. The summed E-state index contributed by atoms with van der Waals surface area (Å²) in [6.45, 7) is 5.98. The molecular formula is C18H31NO2. The molecule has 21 heavy (non-hydrogen) atoms. The number of fused-ring (bicyclic) bond motifs is 1.